The summed E-state index contributed by atoms with van der Waals surface area (Å²) in [5.74, 6) is 2.47. The lowest BCUT2D eigenvalue weighted by atomic mass is 9.98. The standard InChI is InChI=1S/C20H41N5O/c1-16(2)14-24-10-11-26-19(15-24)13-23-20(21-5)22-12-18(4)25-8-6-17(3)7-9-25/h16-19H,6-15H2,1-5H3,(H2,21,22,23). The summed E-state index contributed by atoms with van der Waals surface area (Å²) in [7, 11) is 1.84. The van der Waals surface area contributed by atoms with E-state index in [0.717, 1.165) is 51.2 Å². The Hall–Kier alpha value is -0.850. The van der Waals surface area contributed by atoms with E-state index in [4.69, 9.17) is 4.74 Å². The molecular formula is C20H41N5O. The van der Waals surface area contributed by atoms with Crippen molar-refractivity contribution in [2.24, 2.45) is 16.8 Å². The topological polar surface area (TPSA) is 52.1 Å². The molecule has 2 aliphatic heterocycles. The van der Waals surface area contributed by atoms with Gasteiger partial charge in [-0.2, -0.15) is 0 Å². The van der Waals surface area contributed by atoms with Gasteiger partial charge in [0.2, 0.25) is 0 Å². The van der Waals surface area contributed by atoms with Crippen molar-refractivity contribution in [1.82, 2.24) is 20.4 Å². The van der Waals surface area contributed by atoms with Crippen molar-refractivity contribution in [1.29, 1.82) is 0 Å². The average Bonchev–Trinajstić information content (AvgIpc) is 2.62. The van der Waals surface area contributed by atoms with E-state index in [9.17, 15) is 0 Å². The molecule has 6 nitrogen and oxygen atoms in total. The van der Waals surface area contributed by atoms with Crippen molar-refractivity contribution < 1.29 is 4.74 Å². The first-order valence-electron chi connectivity index (χ1n) is 10.5. The highest BCUT2D eigenvalue weighted by Crippen LogP contribution is 2.17. The Bertz CT molecular complexity index is 420. The number of nitrogens with zero attached hydrogens (tertiary/aromatic N) is 3. The monoisotopic (exact) mass is 367 g/mol. The zero-order valence-corrected chi connectivity index (χ0v) is 17.6. The molecule has 2 N–H and O–H groups in total. The molecular weight excluding hydrogens is 326 g/mol. The molecule has 0 aliphatic carbocycles. The lowest BCUT2D eigenvalue weighted by Crippen LogP contribution is -2.52. The third kappa shape index (κ3) is 7.41. The molecule has 2 fully saturated rings. The molecule has 0 amide bonds. The Balaban J connectivity index is 1.67. The Labute approximate surface area is 160 Å². The van der Waals surface area contributed by atoms with Crippen LogP contribution in [0.2, 0.25) is 0 Å². The number of hydrogen-bond acceptors (Lipinski definition) is 4. The second-order valence-corrected chi connectivity index (χ2v) is 8.55. The summed E-state index contributed by atoms with van der Waals surface area (Å²) in [5, 5.41) is 6.94. The van der Waals surface area contributed by atoms with Gasteiger partial charge in [0.25, 0.3) is 0 Å². The van der Waals surface area contributed by atoms with Gasteiger partial charge >= 0.3 is 0 Å². The van der Waals surface area contributed by atoms with Gasteiger partial charge in [-0.1, -0.05) is 20.8 Å². The maximum Gasteiger partial charge on any atom is 0.191 e. The van der Waals surface area contributed by atoms with Gasteiger partial charge in [0.1, 0.15) is 0 Å². The van der Waals surface area contributed by atoms with E-state index in [0.29, 0.717) is 12.0 Å². The van der Waals surface area contributed by atoms with Crippen LogP contribution in [0.25, 0.3) is 0 Å². The maximum atomic E-state index is 5.92. The van der Waals surface area contributed by atoms with Gasteiger partial charge in [0, 0.05) is 45.8 Å². The van der Waals surface area contributed by atoms with Gasteiger partial charge in [0.15, 0.2) is 5.96 Å². The first kappa shape index (κ1) is 21.5. The molecule has 26 heavy (non-hydrogen) atoms. The van der Waals surface area contributed by atoms with E-state index in [-0.39, 0.29) is 6.10 Å². The zero-order chi connectivity index (χ0) is 18.9. The number of likely N-dealkylation sites (tertiary alicyclic amines) is 1. The molecule has 2 rings (SSSR count). The van der Waals surface area contributed by atoms with E-state index in [1.165, 1.54) is 25.9 Å². The lowest BCUT2D eigenvalue weighted by molar-refractivity contribution is -0.0284. The van der Waals surface area contributed by atoms with Crippen LogP contribution in [0.5, 0.6) is 0 Å². The number of guanidine groups is 1. The average molecular weight is 368 g/mol. The normalized spacial score (nSPS) is 25.5. The fraction of sp³-hybridized carbons (Fsp3) is 0.950. The van der Waals surface area contributed by atoms with Crippen molar-refractivity contribution in [2.45, 2.75) is 52.7 Å². The molecule has 2 unspecified atom stereocenters. The fourth-order valence-electron chi connectivity index (χ4n) is 3.86. The van der Waals surface area contributed by atoms with E-state index in [1.54, 1.807) is 0 Å². The molecule has 0 radical (unpaired) electrons. The number of nitrogens with one attached hydrogen (secondary N) is 2. The van der Waals surface area contributed by atoms with E-state index in [1.807, 2.05) is 7.05 Å². The molecule has 0 saturated carbocycles. The largest absolute Gasteiger partial charge is 0.374 e. The highest BCUT2D eigenvalue weighted by Gasteiger charge is 2.22. The fourth-order valence-corrected chi connectivity index (χ4v) is 3.86. The smallest absolute Gasteiger partial charge is 0.191 e. The van der Waals surface area contributed by atoms with Crippen molar-refractivity contribution >= 4 is 5.96 Å². The molecule has 0 aromatic heterocycles. The Kier molecular flexibility index (Phi) is 9.16. The van der Waals surface area contributed by atoms with Crippen LogP contribution >= 0.6 is 0 Å². The third-order valence-electron chi connectivity index (χ3n) is 5.57. The molecule has 0 aromatic carbocycles. The quantitative estimate of drug-likeness (QED) is 0.529. The summed E-state index contributed by atoms with van der Waals surface area (Å²) >= 11 is 0. The van der Waals surface area contributed by atoms with Gasteiger partial charge in [-0.3, -0.25) is 14.8 Å². The van der Waals surface area contributed by atoms with Crippen LogP contribution in [0.1, 0.15) is 40.5 Å². The number of ether oxygens (including phenoxy) is 1. The second kappa shape index (κ2) is 11.1. The summed E-state index contributed by atoms with van der Waals surface area (Å²) in [6.07, 6.45) is 2.88. The lowest BCUT2D eigenvalue weighted by Gasteiger charge is -2.35. The molecule has 0 bridgehead atoms. The Morgan fingerprint density at radius 1 is 1.15 bits per heavy atom. The van der Waals surface area contributed by atoms with Crippen LogP contribution < -0.4 is 10.6 Å². The number of rotatable bonds is 7. The van der Waals surface area contributed by atoms with Crippen molar-refractivity contribution in [3.63, 3.8) is 0 Å². The van der Waals surface area contributed by atoms with E-state index in [2.05, 4.69) is 53.1 Å². The maximum absolute atomic E-state index is 5.92. The Morgan fingerprint density at radius 3 is 2.54 bits per heavy atom. The minimum absolute atomic E-state index is 0.238. The van der Waals surface area contributed by atoms with Crippen LogP contribution in [0.15, 0.2) is 4.99 Å². The number of morpholine rings is 1. The minimum atomic E-state index is 0.238. The highest BCUT2D eigenvalue weighted by molar-refractivity contribution is 5.79. The SMILES string of the molecule is CN=C(NCC1CN(CC(C)C)CCO1)NCC(C)N1CCC(C)CC1. The second-order valence-electron chi connectivity index (χ2n) is 8.55. The van der Waals surface area contributed by atoms with E-state index >= 15 is 0 Å². The van der Waals surface area contributed by atoms with Crippen LogP contribution in [0.3, 0.4) is 0 Å². The minimum Gasteiger partial charge on any atom is -0.374 e. The van der Waals surface area contributed by atoms with E-state index < -0.39 is 0 Å². The molecule has 2 aliphatic rings. The molecule has 2 saturated heterocycles. The van der Waals surface area contributed by atoms with Crippen molar-refractivity contribution in [2.75, 3.05) is 59.5 Å². The summed E-state index contributed by atoms with van der Waals surface area (Å²) in [4.78, 5) is 9.48. The number of piperidine rings is 1. The highest BCUT2D eigenvalue weighted by atomic mass is 16.5. The van der Waals surface area contributed by atoms with Gasteiger partial charge in [-0.25, -0.2) is 0 Å². The summed E-state index contributed by atoms with van der Waals surface area (Å²) < 4.78 is 5.92. The summed E-state index contributed by atoms with van der Waals surface area (Å²) in [6.45, 7) is 17.4. The molecule has 6 heteroatoms. The molecule has 0 aromatic rings. The van der Waals surface area contributed by atoms with Gasteiger partial charge < -0.3 is 15.4 Å². The predicted molar refractivity (Wildman–Crippen MR) is 110 cm³/mol. The van der Waals surface area contributed by atoms with Crippen LogP contribution in [0, 0.1) is 11.8 Å². The van der Waals surface area contributed by atoms with Gasteiger partial charge in [-0.05, 0) is 44.7 Å². The molecule has 0 spiro atoms. The predicted octanol–water partition coefficient (Wildman–Crippen LogP) is 1.63. The molecule has 152 valence electrons. The number of aliphatic imine (C=N–C) groups is 1. The Morgan fingerprint density at radius 2 is 1.88 bits per heavy atom. The van der Waals surface area contributed by atoms with Crippen LogP contribution in [0.4, 0.5) is 0 Å². The van der Waals surface area contributed by atoms with Crippen molar-refractivity contribution in [3.05, 3.63) is 0 Å². The summed E-state index contributed by atoms with van der Waals surface area (Å²) in [5.41, 5.74) is 0. The zero-order valence-electron chi connectivity index (χ0n) is 17.6. The first-order chi connectivity index (χ1) is 12.5. The molecule has 2 atom stereocenters. The number of hydrogen-bond donors (Lipinski definition) is 2. The van der Waals surface area contributed by atoms with Gasteiger partial charge in [-0.15, -0.1) is 0 Å². The molecule has 2 heterocycles. The summed E-state index contributed by atoms with van der Waals surface area (Å²) in [6, 6.07) is 0.536. The van der Waals surface area contributed by atoms with Crippen LogP contribution in [-0.4, -0.2) is 87.4 Å². The van der Waals surface area contributed by atoms with Gasteiger partial charge in [0.05, 0.1) is 12.7 Å². The van der Waals surface area contributed by atoms with Crippen molar-refractivity contribution in [3.8, 4) is 0 Å². The third-order valence-corrected chi connectivity index (χ3v) is 5.57. The first-order valence-corrected chi connectivity index (χ1v) is 10.5. The van der Waals surface area contributed by atoms with Crippen LogP contribution in [-0.2, 0) is 4.74 Å².